The molecule has 0 bridgehead atoms. The van der Waals surface area contributed by atoms with Gasteiger partial charge in [-0.15, -0.1) is 0 Å². The standard InChI is InChI=1S/C23H25N5OS/c1-16-6-8-18(9-7-16)25-20(29)11-14-28-22(17-10-13-27(2)15-17)21(26-23(28)30)19-5-3-4-12-24-19/h3-10,12-13,15,21-22H,11,14H2,1-2H3,(H,25,29)(H,26,30)/t21-,22-/m1/s1. The lowest BCUT2D eigenvalue weighted by Gasteiger charge is -2.27. The fourth-order valence-electron chi connectivity index (χ4n) is 3.79. The molecule has 7 heteroatoms. The fourth-order valence-corrected chi connectivity index (χ4v) is 4.12. The zero-order valence-corrected chi connectivity index (χ0v) is 17.9. The number of anilines is 1. The van der Waals surface area contributed by atoms with Gasteiger partial charge in [-0.3, -0.25) is 9.78 Å². The summed E-state index contributed by atoms with van der Waals surface area (Å²) in [6.07, 6.45) is 6.25. The molecular formula is C23H25N5OS. The quantitative estimate of drug-likeness (QED) is 0.596. The van der Waals surface area contributed by atoms with Gasteiger partial charge in [0, 0.05) is 44.3 Å². The number of hydrogen-bond donors (Lipinski definition) is 2. The summed E-state index contributed by atoms with van der Waals surface area (Å²) in [6, 6.07) is 15.7. The Hall–Kier alpha value is -3.19. The van der Waals surface area contributed by atoms with E-state index in [0.29, 0.717) is 18.1 Å². The molecule has 3 heterocycles. The van der Waals surface area contributed by atoms with Gasteiger partial charge in [-0.1, -0.05) is 23.8 Å². The Morgan fingerprint density at radius 3 is 2.67 bits per heavy atom. The Morgan fingerprint density at radius 2 is 2.00 bits per heavy atom. The van der Waals surface area contributed by atoms with Crippen molar-refractivity contribution in [1.29, 1.82) is 0 Å². The predicted molar refractivity (Wildman–Crippen MR) is 122 cm³/mol. The predicted octanol–water partition coefficient (Wildman–Crippen LogP) is 3.73. The van der Waals surface area contributed by atoms with Gasteiger partial charge in [0.2, 0.25) is 5.91 Å². The minimum atomic E-state index is -0.0683. The van der Waals surface area contributed by atoms with Crippen molar-refractivity contribution in [1.82, 2.24) is 19.8 Å². The van der Waals surface area contributed by atoms with Gasteiger partial charge in [-0.25, -0.2) is 0 Å². The van der Waals surface area contributed by atoms with Crippen LogP contribution in [-0.2, 0) is 11.8 Å². The van der Waals surface area contributed by atoms with E-state index >= 15 is 0 Å². The third kappa shape index (κ3) is 4.36. The van der Waals surface area contributed by atoms with Crippen LogP contribution in [0.15, 0.2) is 67.1 Å². The molecule has 0 unspecified atom stereocenters. The van der Waals surface area contributed by atoms with Crippen LogP contribution in [-0.4, -0.2) is 32.0 Å². The van der Waals surface area contributed by atoms with Crippen molar-refractivity contribution in [3.05, 3.63) is 83.9 Å². The lowest BCUT2D eigenvalue weighted by molar-refractivity contribution is -0.116. The first-order valence-corrected chi connectivity index (χ1v) is 10.4. The minimum absolute atomic E-state index is 0.0271. The number of nitrogens with zero attached hydrogens (tertiary/aromatic N) is 3. The van der Waals surface area contributed by atoms with Crippen LogP contribution in [0.2, 0.25) is 0 Å². The second-order valence-corrected chi connectivity index (χ2v) is 7.98. The lowest BCUT2D eigenvalue weighted by atomic mass is 9.99. The molecule has 1 fully saturated rings. The van der Waals surface area contributed by atoms with E-state index in [4.69, 9.17) is 12.2 Å². The summed E-state index contributed by atoms with van der Waals surface area (Å²) in [4.78, 5) is 19.2. The number of pyridine rings is 1. The number of carbonyl (C=O) groups excluding carboxylic acids is 1. The second kappa shape index (κ2) is 8.67. The monoisotopic (exact) mass is 419 g/mol. The van der Waals surface area contributed by atoms with Gasteiger partial charge in [0.05, 0.1) is 17.8 Å². The Bertz CT molecular complexity index is 1030. The number of amides is 1. The number of carbonyl (C=O) groups is 1. The van der Waals surface area contributed by atoms with Crippen molar-refractivity contribution < 1.29 is 4.79 Å². The topological polar surface area (TPSA) is 62.2 Å². The number of nitrogens with one attached hydrogen (secondary N) is 2. The Morgan fingerprint density at radius 1 is 1.20 bits per heavy atom. The van der Waals surface area contributed by atoms with Gasteiger partial charge in [-0.2, -0.15) is 0 Å². The van der Waals surface area contributed by atoms with Crippen LogP contribution in [0.4, 0.5) is 5.69 Å². The molecule has 3 aromatic rings. The molecule has 1 aliphatic heterocycles. The summed E-state index contributed by atoms with van der Waals surface area (Å²) < 4.78 is 2.02. The first kappa shape index (κ1) is 20.1. The van der Waals surface area contributed by atoms with Crippen molar-refractivity contribution in [3.63, 3.8) is 0 Å². The average Bonchev–Trinajstić information content (AvgIpc) is 3.31. The molecule has 0 saturated carbocycles. The van der Waals surface area contributed by atoms with Crippen molar-refractivity contribution in [2.45, 2.75) is 25.4 Å². The molecule has 4 rings (SSSR count). The van der Waals surface area contributed by atoms with Crippen molar-refractivity contribution in [2.24, 2.45) is 7.05 Å². The Kier molecular flexibility index (Phi) is 5.81. The van der Waals surface area contributed by atoms with Gasteiger partial charge in [0.15, 0.2) is 5.11 Å². The number of rotatable bonds is 6. The smallest absolute Gasteiger partial charge is 0.226 e. The summed E-state index contributed by atoms with van der Waals surface area (Å²) >= 11 is 5.65. The molecule has 154 valence electrons. The molecule has 0 aliphatic carbocycles. The van der Waals surface area contributed by atoms with Crippen LogP contribution in [0.25, 0.3) is 0 Å². The molecule has 1 aliphatic rings. The molecule has 2 aromatic heterocycles. The number of aryl methyl sites for hydroxylation is 2. The number of benzene rings is 1. The van der Waals surface area contributed by atoms with Gasteiger partial charge in [-0.05, 0) is 55.0 Å². The molecule has 0 spiro atoms. The first-order chi connectivity index (χ1) is 14.5. The van der Waals surface area contributed by atoms with E-state index in [1.54, 1.807) is 6.20 Å². The summed E-state index contributed by atoms with van der Waals surface area (Å²) in [6.45, 7) is 2.54. The zero-order chi connectivity index (χ0) is 21.1. The summed E-state index contributed by atoms with van der Waals surface area (Å²) in [5, 5.41) is 7.02. The highest BCUT2D eigenvalue weighted by atomic mass is 32.1. The molecule has 2 atom stereocenters. The molecule has 1 saturated heterocycles. The van der Waals surface area contributed by atoms with E-state index in [1.165, 1.54) is 0 Å². The summed E-state index contributed by atoms with van der Waals surface area (Å²) in [7, 11) is 2.00. The van der Waals surface area contributed by atoms with Crippen LogP contribution < -0.4 is 10.6 Å². The van der Waals surface area contributed by atoms with E-state index in [1.807, 2.05) is 67.2 Å². The Labute approximate surface area is 181 Å². The minimum Gasteiger partial charge on any atom is -0.357 e. The molecule has 1 aromatic carbocycles. The maximum atomic E-state index is 12.5. The van der Waals surface area contributed by atoms with E-state index in [2.05, 4.69) is 32.8 Å². The number of thiocarbonyl (C=S) groups is 1. The van der Waals surface area contributed by atoms with Crippen molar-refractivity contribution in [2.75, 3.05) is 11.9 Å². The number of hydrogen-bond acceptors (Lipinski definition) is 3. The van der Waals surface area contributed by atoms with Crippen LogP contribution in [0.5, 0.6) is 0 Å². The van der Waals surface area contributed by atoms with Crippen molar-refractivity contribution in [3.8, 4) is 0 Å². The highest BCUT2D eigenvalue weighted by molar-refractivity contribution is 7.80. The van der Waals surface area contributed by atoms with E-state index in [-0.39, 0.29) is 18.0 Å². The van der Waals surface area contributed by atoms with E-state index in [9.17, 15) is 4.79 Å². The molecule has 30 heavy (non-hydrogen) atoms. The van der Waals surface area contributed by atoms with Crippen LogP contribution in [0, 0.1) is 6.92 Å². The largest absolute Gasteiger partial charge is 0.357 e. The molecule has 0 radical (unpaired) electrons. The third-order valence-corrected chi connectivity index (χ3v) is 5.66. The lowest BCUT2D eigenvalue weighted by Crippen LogP contribution is -2.32. The highest BCUT2D eigenvalue weighted by Gasteiger charge is 2.40. The maximum Gasteiger partial charge on any atom is 0.226 e. The maximum absolute atomic E-state index is 12.5. The normalized spacial score (nSPS) is 18.3. The van der Waals surface area contributed by atoms with Crippen LogP contribution >= 0.6 is 12.2 Å². The number of aromatic nitrogens is 2. The van der Waals surface area contributed by atoms with E-state index in [0.717, 1.165) is 22.5 Å². The van der Waals surface area contributed by atoms with Gasteiger partial charge in [0.25, 0.3) is 0 Å². The Balaban J connectivity index is 1.51. The first-order valence-electron chi connectivity index (χ1n) is 9.98. The van der Waals surface area contributed by atoms with Crippen molar-refractivity contribution >= 4 is 28.9 Å². The van der Waals surface area contributed by atoms with Crippen LogP contribution in [0.1, 0.15) is 35.3 Å². The second-order valence-electron chi connectivity index (χ2n) is 7.59. The fraction of sp³-hybridized carbons (Fsp3) is 0.261. The molecular weight excluding hydrogens is 394 g/mol. The molecule has 2 N–H and O–H groups in total. The molecule has 6 nitrogen and oxygen atoms in total. The van der Waals surface area contributed by atoms with Crippen LogP contribution in [0.3, 0.4) is 0 Å². The van der Waals surface area contributed by atoms with Gasteiger partial charge < -0.3 is 20.1 Å². The summed E-state index contributed by atoms with van der Waals surface area (Å²) in [5.41, 5.74) is 4.03. The molecule has 1 amide bonds. The van der Waals surface area contributed by atoms with Gasteiger partial charge >= 0.3 is 0 Å². The summed E-state index contributed by atoms with van der Waals surface area (Å²) in [5.74, 6) is -0.0326. The highest BCUT2D eigenvalue weighted by Crippen LogP contribution is 2.38. The van der Waals surface area contributed by atoms with Gasteiger partial charge in [0.1, 0.15) is 0 Å². The van der Waals surface area contributed by atoms with E-state index < -0.39 is 0 Å². The zero-order valence-electron chi connectivity index (χ0n) is 17.1. The SMILES string of the molecule is Cc1ccc(NC(=O)CCN2C(=S)N[C@H](c3ccccn3)[C@H]2c2ccn(C)c2)cc1. The average molecular weight is 420 g/mol. The third-order valence-electron chi connectivity index (χ3n) is 5.31.